The van der Waals surface area contributed by atoms with Gasteiger partial charge in [0.2, 0.25) is 0 Å². The maximum atomic E-state index is 12.6. The molecule has 12 heteroatoms. The summed E-state index contributed by atoms with van der Waals surface area (Å²) in [4.78, 5) is 35.4. The molecule has 0 bridgehead atoms. The lowest BCUT2D eigenvalue weighted by Crippen LogP contribution is -2.39. The van der Waals surface area contributed by atoms with Crippen LogP contribution >= 0.6 is 11.8 Å². The molecule has 0 amide bonds. The minimum atomic E-state index is -0.967. The highest BCUT2D eigenvalue weighted by Gasteiger charge is 2.50. The highest BCUT2D eigenvalue weighted by Crippen LogP contribution is 2.37. The van der Waals surface area contributed by atoms with Crippen LogP contribution in [-0.2, 0) is 23.8 Å². The van der Waals surface area contributed by atoms with Crippen LogP contribution in [0, 0.1) is 0 Å². The van der Waals surface area contributed by atoms with E-state index in [1.807, 2.05) is 0 Å². The highest BCUT2D eigenvalue weighted by atomic mass is 32.2. The number of fused-ring (bicyclic) bond motifs is 1. The maximum absolute atomic E-state index is 12.6. The minimum Gasteiger partial charge on any atom is -0.456 e. The van der Waals surface area contributed by atoms with Crippen molar-refractivity contribution < 1.29 is 28.2 Å². The second-order valence-electron chi connectivity index (χ2n) is 5.78. The van der Waals surface area contributed by atoms with E-state index in [0.29, 0.717) is 11.2 Å². The van der Waals surface area contributed by atoms with Gasteiger partial charge in [0.05, 0.1) is 6.33 Å². The number of hydrogen-bond acceptors (Lipinski definition) is 10. The predicted octanol–water partition coefficient (Wildman–Crippen LogP) is 0.829. The van der Waals surface area contributed by atoms with Gasteiger partial charge in [-0.25, -0.2) is 19.3 Å². The first-order chi connectivity index (χ1) is 12.9. The molecule has 1 aliphatic rings. The van der Waals surface area contributed by atoms with Crippen LogP contribution in [0.2, 0.25) is 0 Å². The molecule has 0 unspecified atom stereocenters. The summed E-state index contributed by atoms with van der Waals surface area (Å²) in [5, 5.41) is 0. The van der Waals surface area contributed by atoms with E-state index in [1.165, 1.54) is 31.1 Å². The SMILES string of the molecule is CC(=O)O[C@H]1[C@H](OC(C)=O)[C@@H](CSCF)O[C@H]1n1cnc2c(N)ncnc21. The third-order valence-electron chi connectivity index (χ3n) is 3.91. The quantitative estimate of drug-likeness (QED) is 0.697. The van der Waals surface area contributed by atoms with Crippen molar-refractivity contribution in [3.05, 3.63) is 12.7 Å². The first-order valence-corrected chi connectivity index (χ1v) is 9.14. The summed E-state index contributed by atoms with van der Waals surface area (Å²) in [5.41, 5.74) is 6.52. The van der Waals surface area contributed by atoms with Gasteiger partial charge in [-0.1, -0.05) is 0 Å². The molecule has 1 saturated heterocycles. The van der Waals surface area contributed by atoms with E-state index < -0.39 is 42.5 Å². The van der Waals surface area contributed by atoms with Crippen molar-refractivity contribution in [3.63, 3.8) is 0 Å². The Balaban J connectivity index is 2.01. The zero-order valence-corrected chi connectivity index (χ0v) is 15.4. The molecular weight excluding hydrogens is 381 g/mol. The lowest BCUT2D eigenvalue weighted by atomic mass is 10.1. The van der Waals surface area contributed by atoms with Crippen molar-refractivity contribution in [3.8, 4) is 0 Å². The number of anilines is 1. The van der Waals surface area contributed by atoms with Crippen LogP contribution in [0.1, 0.15) is 20.1 Å². The van der Waals surface area contributed by atoms with Crippen molar-refractivity contribution in [1.29, 1.82) is 0 Å². The van der Waals surface area contributed by atoms with Gasteiger partial charge in [-0.15, -0.1) is 11.8 Å². The number of nitrogen functional groups attached to an aromatic ring is 1. The molecule has 146 valence electrons. The monoisotopic (exact) mass is 399 g/mol. The number of carbonyl (C=O) groups excluding carboxylic acids is 2. The molecular formula is C15H18FN5O5S. The van der Waals surface area contributed by atoms with Crippen LogP contribution in [0.5, 0.6) is 0 Å². The van der Waals surface area contributed by atoms with E-state index in [0.717, 1.165) is 11.8 Å². The van der Waals surface area contributed by atoms with Crippen LogP contribution in [0.3, 0.4) is 0 Å². The normalized spacial score (nSPS) is 24.9. The van der Waals surface area contributed by atoms with Crippen molar-refractivity contribution in [2.45, 2.75) is 38.4 Å². The molecule has 4 atom stereocenters. The van der Waals surface area contributed by atoms with Gasteiger partial charge in [0.1, 0.15) is 24.0 Å². The summed E-state index contributed by atoms with van der Waals surface area (Å²) < 4.78 is 30.8. The predicted molar refractivity (Wildman–Crippen MR) is 93.2 cm³/mol. The molecule has 0 spiro atoms. The van der Waals surface area contributed by atoms with Gasteiger partial charge in [-0.3, -0.25) is 14.2 Å². The fraction of sp³-hybridized carbons (Fsp3) is 0.533. The van der Waals surface area contributed by atoms with Gasteiger partial charge in [0, 0.05) is 19.6 Å². The van der Waals surface area contributed by atoms with Crippen molar-refractivity contribution in [2.75, 3.05) is 17.5 Å². The molecule has 2 N–H and O–H groups in total. The fourth-order valence-corrected chi connectivity index (χ4v) is 3.52. The van der Waals surface area contributed by atoms with Gasteiger partial charge in [0.25, 0.3) is 0 Å². The van der Waals surface area contributed by atoms with Gasteiger partial charge in [-0.05, 0) is 0 Å². The number of ether oxygens (including phenoxy) is 3. The third kappa shape index (κ3) is 3.95. The number of thioether (sulfide) groups is 1. The van der Waals surface area contributed by atoms with Crippen LogP contribution in [0.25, 0.3) is 11.2 Å². The Labute approximate surface area is 157 Å². The second-order valence-corrected chi connectivity index (χ2v) is 6.74. The smallest absolute Gasteiger partial charge is 0.303 e. The first kappa shape index (κ1) is 19.3. The van der Waals surface area contributed by atoms with Gasteiger partial charge in [-0.2, -0.15) is 0 Å². The molecule has 10 nitrogen and oxygen atoms in total. The minimum absolute atomic E-state index is 0.182. The average Bonchev–Trinajstić information content (AvgIpc) is 3.16. The zero-order valence-electron chi connectivity index (χ0n) is 14.6. The molecule has 2 aromatic heterocycles. The Hall–Kier alpha value is -2.47. The molecule has 27 heavy (non-hydrogen) atoms. The summed E-state index contributed by atoms with van der Waals surface area (Å²) in [5.74, 6) is -0.768. The Morgan fingerprint density at radius 3 is 2.63 bits per heavy atom. The van der Waals surface area contributed by atoms with Crippen LogP contribution in [0.15, 0.2) is 12.7 Å². The lowest BCUT2D eigenvalue weighted by molar-refractivity contribution is -0.165. The largest absolute Gasteiger partial charge is 0.456 e. The van der Waals surface area contributed by atoms with Crippen molar-refractivity contribution >= 4 is 40.7 Å². The van der Waals surface area contributed by atoms with E-state index in [4.69, 9.17) is 19.9 Å². The standard InChI is InChI=1S/C15H18FN5O5S/c1-7(22)24-11-9(3-27-4-16)26-15(12(11)25-8(2)23)21-6-20-10-13(17)18-5-19-14(10)21/h5-6,9,11-12,15H,3-4H2,1-2H3,(H2,17,18,19)/t9-,11-,12+,15-/m1/s1. The van der Waals surface area contributed by atoms with Crippen molar-refractivity contribution in [2.24, 2.45) is 0 Å². The summed E-state index contributed by atoms with van der Waals surface area (Å²) >= 11 is 0.969. The van der Waals surface area contributed by atoms with E-state index in [9.17, 15) is 14.0 Å². The fourth-order valence-electron chi connectivity index (χ4n) is 2.93. The number of hydrogen-bond donors (Lipinski definition) is 1. The highest BCUT2D eigenvalue weighted by molar-refractivity contribution is 7.99. The van der Waals surface area contributed by atoms with E-state index in [-0.39, 0.29) is 11.6 Å². The lowest BCUT2D eigenvalue weighted by Gasteiger charge is -2.23. The summed E-state index contributed by atoms with van der Waals surface area (Å²) in [7, 11) is 0. The number of nitrogens with zero attached hydrogens (tertiary/aromatic N) is 4. The van der Waals surface area contributed by atoms with Crippen LogP contribution < -0.4 is 5.73 Å². The summed E-state index contributed by atoms with van der Waals surface area (Å²) in [6.07, 6.45) is -0.765. The Morgan fingerprint density at radius 1 is 1.26 bits per heavy atom. The number of halogens is 1. The van der Waals surface area contributed by atoms with E-state index in [2.05, 4.69) is 15.0 Å². The van der Waals surface area contributed by atoms with Gasteiger partial charge < -0.3 is 19.9 Å². The summed E-state index contributed by atoms with van der Waals surface area (Å²) in [6, 6.07) is -0.632. The number of esters is 2. The van der Waals surface area contributed by atoms with E-state index >= 15 is 0 Å². The molecule has 3 rings (SSSR count). The second kappa shape index (κ2) is 8.05. The Kier molecular flexibility index (Phi) is 5.75. The van der Waals surface area contributed by atoms with E-state index in [1.54, 1.807) is 0 Å². The maximum Gasteiger partial charge on any atom is 0.303 e. The van der Waals surface area contributed by atoms with Gasteiger partial charge in [0.15, 0.2) is 29.9 Å². The number of imidazole rings is 1. The van der Waals surface area contributed by atoms with Crippen LogP contribution in [-0.4, -0.2) is 61.5 Å². The molecule has 0 saturated carbocycles. The number of aromatic nitrogens is 4. The first-order valence-electron chi connectivity index (χ1n) is 7.99. The number of carbonyl (C=O) groups is 2. The zero-order chi connectivity index (χ0) is 19.6. The summed E-state index contributed by atoms with van der Waals surface area (Å²) in [6.45, 7) is 2.47. The Morgan fingerprint density at radius 2 is 1.96 bits per heavy atom. The molecule has 1 fully saturated rings. The molecule has 0 aliphatic carbocycles. The third-order valence-corrected chi connectivity index (χ3v) is 4.63. The molecule has 0 aromatic carbocycles. The number of nitrogens with two attached hydrogens (primary N) is 1. The molecule has 0 radical (unpaired) electrons. The average molecular weight is 399 g/mol. The number of rotatable bonds is 6. The van der Waals surface area contributed by atoms with Crippen LogP contribution in [0.4, 0.5) is 10.2 Å². The Bertz CT molecular complexity index is 849. The van der Waals surface area contributed by atoms with Gasteiger partial charge >= 0.3 is 11.9 Å². The molecule has 2 aromatic rings. The topological polar surface area (TPSA) is 131 Å². The number of alkyl halides is 1. The molecule has 3 heterocycles. The molecule has 1 aliphatic heterocycles. The van der Waals surface area contributed by atoms with Crippen molar-refractivity contribution in [1.82, 2.24) is 19.5 Å².